The number of hydrogen-bond donors (Lipinski definition) is 1. The van der Waals surface area contributed by atoms with Crippen molar-refractivity contribution in [2.24, 2.45) is 0 Å². The Morgan fingerprint density at radius 3 is 2.35 bits per heavy atom. The summed E-state index contributed by atoms with van der Waals surface area (Å²) in [7, 11) is 4.07. The normalized spacial score (nSPS) is 16.2. The van der Waals surface area contributed by atoms with Crippen LogP contribution in [0.5, 0.6) is 0 Å². The fraction of sp³-hybridized carbons (Fsp3) is 0.625. The highest BCUT2D eigenvalue weighted by Gasteiger charge is 2.34. The molecule has 0 heterocycles. The molecule has 0 aliphatic rings. The van der Waals surface area contributed by atoms with Crippen molar-refractivity contribution in [3.63, 3.8) is 0 Å². The molecular weight excluding hydrogens is 258 g/mol. The predicted molar refractivity (Wildman–Crippen MR) is 79.9 cm³/mol. The summed E-state index contributed by atoms with van der Waals surface area (Å²) in [5.74, 6) is -0.998. The molecule has 1 aromatic carbocycles. The largest absolute Gasteiger partial charge is 0.312 e. The van der Waals surface area contributed by atoms with E-state index in [9.17, 15) is 8.78 Å². The summed E-state index contributed by atoms with van der Waals surface area (Å²) < 4.78 is 26.9. The van der Waals surface area contributed by atoms with Crippen LogP contribution in [0, 0.1) is 11.6 Å². The average molecular weight is 284 g/mol. The minimum absolute atomic E-state index is 0.0865. The lowest BCUT2D eigenvalue weighted by Crippen LogP contribution is -2.57. The summed E-state index contributed by atoms with van der Waals surface area (Å²) >= 11 is 0. The molecule has 0 spiro atoms. The minimum Gasteiger partial charge on any atom is -0.312 e. The molecule has 1 aromatic rings. The number of halogens is 2. The molecule has 2 nitrogen and oxygen atoms in total. The molecule has 0 amide bonds. The van der Waals surface area contributed by atoms with E-state index in [4.69, 9.17) is 0 Å². The lowest BCUT2D eigenvalue weighted by Gasteiger charge is -2.43. The van der Waals surface area contributed by atoms with Crippen molar-refractivity contribution in [1.82, 2.24) is 10.2 Å². The average Bonchev–Trinajstić information content (AvgIpc) is 2.39. The molecule has 2 atom stereocenters. The highest BCUT2D eigenvalue weighted by atomic mass is 19.1. The smallest absolute Gasteiger partial charge is 0.129 e. The summed E-state index contributed by atoms with van der Waals surface area (Å²) in [6, 6.07) is 3.92. The Labute approximate surface area is 121 Å². The van der Waals surface area contributed by atoms with Crippen LogP contribution >= 0.6 is 0 Å². The third kappa shape index (κ3) is 3.76. The second-order valence-corrected chi connectivity index (χ2v) is 5.66. The van der Waals surface area contributed by atoms with Gasteiger partial charge in [-0.3, -0.25) is 0 Å². The second-order valence-electron chi connectivity index (χ2n) is 5.66. The number of hydrogen-bond acceptors (Lipinski definition) is 2. The van der Waals surface area contributed by atoms with E-state index in [0.29, 0.717) is 12.0 Å². The first-order chi connectivity index (χ1) is 9.35. The maximum atomic E-state index is 13.9. The van der Waals surface area contributed by atoms with Gasteiger partial charge in [-0.2, -0.15) is 0 Å². The van der Waals surface area contributed by atoms with Crippen LogP contribution in [0.3, 0.4) is 0 Å². The zero-order valence-electron chi connectivity index (χ0n) is 13.1. The van der Waals surface area contributed by atoms with E-state index in [0.717, 1.165) is 19.0 Å². The van der Waals surface area contributed by atoms with Gasteiger partial charge >= 0.3 is 0 Å². The van der Waals surface area contributed by atoms with Crippen molar-refractivity contribution in [1.29, 1.82) is 0 Å². The van der Waals surface area contributed by atoms with Gasteiger partial charge in [0.15, 0.2) is 0 Å². The highest BCUT2D eigenvalue weighted by Crippen LogP contribution is 2.25. The molecule has 1 N–H and O–H groups in total. The first-order valence-corrected chi connectivity index (χ1v) is 7.19. The van der Waals surface area contributed by atoms with Crippen LogP contribution in [0.4, 0.5) is 8.78 Å². The summed E-state index contributed by atoms with van der Waals surface area (Å²) in [6.45, 7) is 7.16. The Bertz CT molecular complexity index is 434. The fourth-order valence-corrected chi connectivity index (χ4v) is 2.54. The molecule has 0 aromatic heterocycles. The summed E-state index contributed by atoms with van der Waals surface area (Å²) in [6.07, 6.45) is 1.49. The van der Waals surface area contributed by atoms with Crippen molar-refractivity contribution in [3.8, 4) is 0 Å². The summed E-state index contributed by atoms with van der Waals surface area (Å²) in [4.78, 5) is 2.17. The number of nitrogens with one attached hydrogen (secondary N) is 1. The molecular formula is C16H26F2N2. The lowest BCUT2D eigenvalue weighted by atomic mass is 9.84. The standard InChI is InChI=1S/C16H26F2N2/c1-6-16(3,20(4)5)15(19-7-2)10-12-8-9-13(17)11-14(12)18/h8-9,11,15,19H,6-7,10H2,1-5H3. The first kappa shape index (κ1) is 17.1. The molecule has 0 aliphatic heterocycles. The number of benzene rings is 1. The van der Waals surface area contributed by atoms with Gasteiger partial charge in [0.1, 0.15) is 11.6 Å². The maximum Gasteiger partial charge on any atom is 0.129 e. The first-order valence-electron chi connectivity index (χ1n) is 7.19. The molecule has 0 saturated heterocycles. The molecule has 20 heavy (non-hydrogen) atoms. The zero-order valence-corrected chi connectivity index (χ0v) is 13.1. The van der Waals surface area contributed by atoms with Crippen molar-refractivity contribution >= 4 is 0 Å². The van der Waals surface area contributed by atoms with Gasteiger partial charge in [-0.25, -0.2) is 8.78 Å². The third-order valence-electron chi connectivity index (χ3n) is 4.38. The molecule has 0 fully saturated rings. The monoisotopic (exact) mass is 284 g/mol. The van der Waals surface area contributed by atoms with Gasteiger partial charge in [-0.15, -0.1) is 0 Å². The summed E-state index contributed by atoms with van der Waals surface area (Å²) in [5, 5.41) is 3.44. The Kier molecular flexibility index (Phi) is 6.08. The van der Waals surface area contributed by atoms with Crippen LogP contribution in [0.1, 0.15) is 32.8 Å². The van der Waals surface area contributed by atoms with Gasteiger partial charge in [0, 0.05) is 17.6 Å². The van der Waals surface area contributed by atoms with Crippen LogP contribution in [-0.4, -0.2) is 37.1 Å². The van der Waals surface area contributed by atoms with E-state index < -0.39 is 11.6 Å². The summed E-state index contributed by atoms with van der Waals surface area (Å²) in [5.41, 5.74) is 0.468. The Hall–Kier alpha value is -1.00. The number of likely N-dealkylation sites (N-methyl/N-ethyl adjacent to an activating group) is 2. The minimum atomic E-state index is -0.530. The van der Waals surface area contributed by atoms with Crippen molar-refractivity contribution in [2.75, 3.05) is 20.6 Å². The number of nitrogens with zero attached hydrogens (tertiary/aromatic N) is 1. The quantitative estimate of drug-likeness (QED) is 0.827. The van der Waals surface area contributed by atoms with Gasteiger partial charge in [-0.05, 0) is 52.0 Å². The molecule has 0 aliphatic carbocycles. The molecule has 0 radical (unpaired) electrons. The van der Waals surface area contributed by atoms with Gasteiger partial charge in [-0.1, -0.05) is 19.9 Å². The van der Waals surface area contributed by atoms with Gasteiger partial charge in [0.25, 0.3) is 0 Å². The molecule has 114 valence electrons. The van der Waals surface area contributed by atoms with Crippen LogP contribution in [0.2, 0.25) is 0 Å². The zero-order chi connectivity index (χ0) is 15.3. The van der Waals surface area contributed by atoms with Gasteiger partial charge in [0.05, 0.1) is 0 Å². The van der Waals surface area contributed by atoms with Crippen LogP contribution in [0.15, 0.2) is 18.2 Å². The Morgan fingerprint density at radius 2 is 1.90 bits per heavy atom. The highest BCUT2D eigenvalue weighted by molar-refractivity contribution is 5.21. The number of rotatable bonds is 7. The van der Waals surface area contributed by atoms with E-state index in [-0.39, 0.29) is 11.6 Å². The fourth-order valence-electron chi connectivity index (χ4n) is 2.54. The maximum absolute atomic E-state index is 13.9. The molecule has 4 heteroatoms. The lowest BCUT2D eigenvalue weighted by molar-refractivity contribution is 0.113. The Balaban J connectivity index is 3.02. The Morgan fingerprint density at radius 1 is 1.25 bits per heavy atom. The van der Waals surface area contributed by atoms with Gasteiger partial charge in [0.2, 0.25) is 0 Å². The van der Waals surface area contributed by atoms with Crippen molar-refractivity contribution in [2.45, 2.75) is 45.2 Å². The third-order valence-corrected chi connectivity index (χ3v) is 4.38. The van der Waals surface area contributed by atoms with Crippen molar-refractivity contribution in [3.05, 3.63) is 35.4 Å². The van der Waals surface area contributed by atoms with Crippen LogP contribution in [-0.2, 0) is 6.42 Å². The topological polar surface area (TPSA) is 15.3 Å². The van der Waals surface area contributed by atoms with E-state index >= 15 is 0 Å². The van der Waals surface area contributed by atoms with E-state index in [1.807, 2.05) is 21.0 Å². The predicted octanol–water partition coefficient (Wildman–Crippen LogP) is 3.22. The van der Waals surface area contributed by atoms with Crippen LogP contribution in [0.25, 0.3) is 0 Å². The second kappa shape index (κ2) is 7.14. The SMILES string of the molecule is CCNC(Cc1ccc(F)cc1F)C(C)(CC)N(C)C. The molecule has 1 rings (SSSR count). The van der Waals surface area contributed by atoms with E-state index in [1.165, 1.54) is 6.07 Å². The van der Waals surface area contributed by atoms with Crippen molar-refractivity contribution < 1.29 is 8.78 Å². The molecule has 2 unspecified atom stereocenters. The van der Waals surface area contributed by atoms with Gasteiger partial charge < -0.3 is 10.2 Å². The van der Waals surface area contributed by atoms with Crippen LogP contribution < -0.4 is 5.32 Å². The van der Waals surface area contributed by atoms with E-state index in [1.54, 1.807) is 6.07 Å². The molecule has 0 saturated carbocycles. The van der Waals surface area contributed by atoms with E-state index in [2.05, 4.69) is 24.1 Å². The molecule has 0 bridgehead atoms.